The van der Waals surface area contributed by atoms with E-state index in [1.165, 1.54) is 34.4 Å². The van der Waals surface area contributed by atoms with Gasteiger partial charge in [-0.1, -0.05) is 30.3 Å². The third-order valence-electron chi connectivity index (χ3n) is 6.74. The third kappa shape index (κ3) is 5.81. The summed E-state index contributed by atoms with van der Waals surface area (Å²) in [6.45, 7) is 3.32. The summed E-state index contributed by atoms with van der Waals surface area (Å²) in [4.78, 5) is 30.5. The standard InChI is InChI=1S/C28H28F2N4O4/c29-21-9-7-20(8-10-21)25-18-24(22-4-1-2-5-23(22)30)31-34(25)27(35)19-33(28(36)26-6-3-15-38-26)12-11-32-13-16-37-17-14-32/h1-10,15,25H,11-14,16-19H2/t25-/m0/s1. The SMILES string of the molecule is O=C(c1ccco1)N(CCN1CCOCC1)CC(=O)N1N=C(c2ccccc2F)C[C@H]1c1ccc(F)cc1. The fourth-order valence-electron chi connectivity index (χ4n) is 4.67. The zero-order valence-corrected chi connectivity index (χ0v) is 20.8. The maximum absolute atomic E-state index is 14.6. The molecule has 1 atom stereocenters. The van der Waals surface area contributed by atoms with Gasteiger partial charge in [-0.2, -0.15) is 5.10 Å². The molecular formula is C28H28F2N4O4. The number of hydrogen-bond donors (Lipinski definition) is 0. The van der Waals surface area contributed by atoms with E-state index in [4.69, 9.17) is 9.15 Å². The van der Waals surface area contributed by atoms with Crippen LogP contribution in [0.4, 0.5) is 8.78 Å². The van der Waals surface area contributed by atoms with Crippen molar-refractivity contribution >= 4 is 17.5 Å². The highest BCUT2D eigenvalue weighted by atomic mass is 19.1. The number of furan rings is 1. The number of hydrazone groups is 1. The molecule has 38 heavy (non-hydrogen) atoms. The Bertz CT molecular complexity index is 1290. The summed E-state index contributed by atoms with van der Waals surface area (Å²) in [5.41, 5.74) is 1.36. The van der Waals surface area contributed by atoms with Gasteiger partial charge in [0, 0.05) is 38.2 Å². The van der Waals surface area contributed by atoms with E-state index in [1.807, 2.05) is 0 Å². The van der Waals surface area contributed by atoms with Gasteiger partial charge in [0.05, 0.1) is 31.2 Å². The second-order valence-electron chi connectivity index (χ2n) is 9.19. The van der Waals surface area contributed by atoms with Gasteiger partial charge in [-0.25, -0.2) is 13.8 Å². The van der Waals surface area contributed by atoms with E-state index < -0.39 is 29.5 Å². The summed E-state index contributed by atoms with van der Waals surface area (Å²) in [6.07, 6.45) is 1.66. The minimum Gasteiger partial charge on any atom is -0.459 e. The largest absolute Gasteiger partial charge is 0.459 e. The molecule has 8 nitrogen and oxygen atoms in total. The van der Waals surface area contributed by atoms with Gasteiger partial charge in [0.15, 0.2) is 5.76 Å². The van der Waals surface area contributed by atoms with Crippen molar-refractivity contribution in [2.24, 2.45) is 5.10 Å². The molecule has 0 spiro atoms. The number of hydrogen-bond acceptors (Lipinski definition) is 6. The first kappa shape index (κ1) is 25.7. The van der Waals surface area contributed by atoms with Crippen LogP contribution in [0, 0.1) is 11.6 Å². The highest BCUT2D eigenvalue weighted by Gasteiger charge is 2.35. The minimum atomic E-state index is -0.572. The maximum Gasteiger partial charge on any atom is 0.290 e. The number of ether oxygens (including phenoxy) is 1. The molecule has 198 valence electrons. The fraction of sp³-hybridized carbons (Fsp3) is 0.321. The van der Waals surface area contributed by atoms with E-state index in [1.54, 1.807) is 42.5 Å². The predicted octanol–water partition coefficient (Wildman–Crippen LogP) is 3.71. The summed E-state index contributed by atoms with van der Waals surface area (Å²) in [5, 5.41) is 5.79. The molecule has 2 aliphatic heterocycles. The Morgan fingerprint density at radius 1 is 1.00 bits per heavy atom. The summed E-state index contributed by atoms with van der Waals surface area (Å²) in [5.74, 6) is -1.57. The Balaban J connectivity index is 1.40. The van der Waals surface area contributed by atoms with E-state index >= 15 is 0 Å². The molecule has 0 saturated carbocycles. The van der Waals surface area contributed by atoms with Crippen LogP contribution < -0.4 is 0 Å². The van der Waals surface area contributed by atoms with Crippen molar-refractivity contribution in [2.75, 3.05) is 45.9 Å². The maximum atomic E-state index is 14.6. The Morgan fingerprint density at radius 2 is 1.76 bits per heavy atom. The summed E-state index contributed by atoms with van der Waals surface area (Å²) < 4.78 is 38.9. The van der Waals surface area contributed by atoms with E-state index in [-0.39, 0.29) is 18.7 Å². The lowest BCUT2D eigenvalue weighted by Crippen LogP contribution is -2.46. The van der Waals surface area contributed by atoms with Crippen molar-refractivity contribution in [1.29, 1.82) is 0 Å². The number of carbonyl (C=O) groups is 2. The average molecular weight is 523 g/mol. The third-order valence-corrected chi connectivity index (χ3v) is 6.74. The van der Waals surface area contributed by atoms with Crippen LogP contribution in [0.15, 0.2) is 76.4 Å². The Hall–Kier alpha value is -3.89. The zero-order valence-electron chi connectivity index (χ0n) is 20.8. The molecule has 0 N–H and O–H groups in total. The van der Waals surface area contributed by atoms with Crippen molar-refractivity contribution in [3.63, 3.8) is 0 Å². The van der Waals surface area contributed by atoms with Crippen LogP contribution in [0.1, 0.15) is 34.1 Å². The first-order chi connectivity index (χ1) is 18.5. The van der Waals surface area contributed by atoms with Crippen molar-refractivity contribution in [1.82, 2.24) is 14.8 Å². The number of benzene rings is 2. The van der Waals surface area contributed by atoms with E-state index in [2.05, 4.69) is 10.0 Å². The van der Waals surface area contributed by atoms with Crippen LogP contribution in [-0.2, 0) is 9.53 Å². The number of halogens is 2. The van der Waals surface area contributed by atoms with E-state index in [0.29, 0.717) is 43.1 Å². The smallest absolute Gasteiger partial charge is 0.290 e. The van der Waals surface area contributed by atoms with Gasteiger partial charge in [-0.15, -0.1) is 0 Å². The van der Waals surface area contributed by atoms with Gasteiger partial charge in [0.2, 0.25) is 0 Å². The van der Waals surface area contributed by atoms with Crippen LogP contribution >= 0.6 is 0 Å². The molecule has 10 heteroatoms. The van der Waals surface area contributed by atoms with Gasteiger partial charge in [0.1, 0.15) is 18.2 Å². The Labute approximate surface area is 219 Å². The van der Waals surface area contributed by atoms with Crippen LogP contribution in [0.3, 0.4) is 0 Å². The number of morpholine rings is 1. The highest BCUT2D eigenvalue weighted by molar-refractivity contribution is 6.03. The second-order valence-corrected chi connectivity index (χ2v) is 9.19. The molecule has 2 aromatic carbocycles. The van der Waals surface area contributed by atoms with Crippen LogP contribution in [0.5, 0.6) is 0 Å². The molecule has 5 rings (SSSR count). The first-order valence-corrected chi connectivity index (χ1v) is 12.5. The second kappa shape index (κ2) is 11.7. The van der Waals surface area contributed by atoms with Crippen molar-refractivity contribution in [3.8, 4) is 0 Å². The molecular weight excluding hydrogens is 494 g/mol. The van der Waals surface area contributed by atoms with Gasteiger partial charge >= 0.3 is 0 Å². The van der Waals surface area contributed by atoms with Gasteiger partial charge in [-0.05, 0) is 35.9 Å². The lowest BCUT2D eigenvalue weighted by Gasteiger charge is -2.30. The number of rotatable bonds is 8. The fourth-order valence-corrected chi connectivity index (χ4v) is 4.67. The van der Waals surface area contributed by atoms with Crippen LogP contribution in [-0.4, -0.2) is 78.3 Å². The van der Waals surface area contributed by atoms with E-state index in [9.17, 15) is 18.4 Å². The van der Waals surface area contributed by atoms with Crippen LogP contribution in [0.2, 0.25) is 0 Å². The quantitative estimate of drug-likeness (QED) is 0.451. The lowest BCUT2D eigenvalue weighted by molar-refractivity contribution is -0.133. The van der Waals surface area contributed by atoms with Crippen molar-refractivity contribution in [3.05, 3.63) is 95.4 Å². The summed E-state index contributed by atoms with van der Waals surface area (Å²) in [6, 6.07) is 14.6. The molecule has 1 fully saturated rings. The molecule has 1 aromatic heterocycles. The molecule has 3 heterocycles. The summed E-state index contributed by atoms with van der Waals surface area (Å²) >= 11 is 0. The monoisotopic (exact) mass is 522 g/mol. The molecule has 0 radical (unpaired) electrons. The molecule has 0 aliphatic carbocycles. The molecule has 1 saturated heterocycles. The van der Waals surface area contributed by atoms with Gasteiger partial charge < -0.3 is 14.1 Å². The normalized spacial score (nSPS) is 17.9. The molecule has 2 aliphatic rings. The van der Waals surface area contributed by atoms with Crippen LogP contribution in [0.25, 0.3) is 0 Å². The Morgan fingerprint density at radius 3 is 2.47 bits per heavy atom. The molecule has 0 bridgehead atoms. The summed E-state index contributed by atoms with van der Waals surface area (Å²) in [7, 11) is 0. The van der Waals surface area contributed by atoms with Crippen molar-refractivity contribution in [2.45, 2.75) is 12.5 Å². The number of nitrogens with zero attached hydrogens (tertiary/aromatic N) is 4. The van der Waals surface area contributed by atoms with Gasteiger partial charge in [-0.3, -0.25) is 14.5 Å². The topological polar surface area (TPSA) is 78.6 Å². The zero-order chi connectivity index (χ0) is 26.5. The average Bonchev–Trinajstić information content (AvgIpc) is 3.63. The first-order valence-electron chi connectivity index (χ1n) is 12.5. The number of carbonyl (C=O) groups excluding carboxylic acids is 2. The van der Waals surface area contributed by atoms with Crippen molar-refractivity contribution < 1.29 is 27.5 Å². The molecule has 3 aromatic rings. The Kier molecular flexibility index (Phi) is 7.90. The number of amides is 2. The lowest BCUT2D eigenvalue weighted by atomic mass is 9.98. The minimum absolute atomic E-state index is 0.131. The molecule has 2 amide bonds. The van der Waals surface area contributed by atoms with Gasteiger partial charge in [0.25, 0.3) is 11.8 Å². The predicted molar refractivity (Wildman–Crippen MR) is 135 cm³/mol. The van der Waals surface area contributed by atoms with E-state index in [0.717, 1.165) is 13.1 Å². The molecule has 0 unspecified atom stereocenters. The highest BCUT2D eigenvalue weighted by Crippen LogP contribution is 2.33.